The molecular formula is C18H24N2O4. The Morgan fingerprint density at radius 2 is 1.83 bits per heavy atom. The molecule has 0 aliphatic rings. The van der Waals surface area contributed by atoms with E-state index in [0.29, 0.717) is 19.3 Å². The lowest BCUT2D eigenvalue weighted by Gasteiger charge is -2.21. The second-order valence-electron chi connectivity index (χ2n) is 5.39. The number of ether oxygens (including phenoxy) is 1. The van der Waals surface area contributed by atoms with Crippen molar-refractivity contribution in [2.24, 2.45) is 0 Å². The third kappa shape index (κ3) is 6.64. The lowest BCUT2D eigenvalue weighted by molar-refractivity contribution is -0.145. The van der Waals surface area contributed by atoms with Crippen molar-refractivity contribution in [3.63, 3.8) is 0 Å². The van der Waals surface area contributed by atoms with Crippen molar-refractivity contribution >= 4 is 17.8 Å². The summed E-state index contributed by atoms with van der Waals surface area (Å²) in [5.41, 5.74) is 0.909. The zero-order valence-electron chi connectivity index (χ0n) is 14.1. The van der Waals surface area contributed by atoms with Crippen molar-refractivity contribution in [2.45, 2.75) is 38.3 Å². The number of allylic oxidation sites excluding steroid dienone is 1. The number of esters is 1. The highest BCUT2D eigenvalue weighted by Gasteiger charge is 2.26. The van der Waals surface area contributed by atoms with Crippen LogP contribution in [0.2, 0.25) is 0 Å². The first-order valence-corrected chi connectivity index (χ1v) is 7.78. The molecule has 0 radical (unpaired) electrons. The third-order valence-electron chi connectivity index (χ3n) is 3.44. The van der Waals surface area contributed by atoms with Crippen molar-refractivity contribution in [3.05, 3.63) is 48.6 Å². The number of amides is 2. The first-order chi connectivity index (χ1) is 11.5. The Hall–Kier alpha value is -2.63. The van der Waals surface area contributed by atoms with Crippen LogP contribution in [0.3, 0.4) is 0 Å². The van der Waals surface area contributed by atoms with Crippen LogP contribution >= 0.6 is 0 Å². The third-order valence-corrected chi connectivity index (χ3v) is 3.44. The molecule has 1 aromatic rings. The average Bonchev–Trinajstić information content (AvgIpc) is 2.57. The Balaban J connectivity index is 2.83. The molecule has 24 heavy (non-hydrogen) atoms. The maximum Gasteiger partial charge on any atom is 0.328 e. The highest BCUT2D eigenvalue weighted by Crippen LogP contribution is 2.06. The maximum absolute atomic E-state index is 12.5. The van der Waals surface area contributed by atoms with E-state index in [4.69, 9.17) is 4.74 Å². The smallest absolute Gasteiger partial charge is 0.328 e. The normalized spacial score (nSPS) is 12.6. The monoisotopic (exact) mass is 332 g/mol. The van der Waals surface area contributed by atoms with Crippen LogP contribution in [0.1, 0.15) is 25.3 Å². The topological polar surface area (TPSA) is 84.5 Å². The van der Waals surface area contributed by atoms with Crippen LogP contribution in [0.25, 0.3) is 0 Å². The van der Waals surface area contributed by atoms with Gasteiger partial charge < -0.3 is 15.4 Å². The predicted octanol–water partition coefficient (Wildman–Crippen LogP) is 1.36. The summed E-state index contributed by atoms with van der Waals surface area (Å²) in [6.07, 6.45) is 2.95. The lowest BCUT2D eigenvalue weighted by atomic mass is 10.0. The van der Waals surface area contributed by atoms with E-state index in [9.17, 15) is 14.4 Å². The molecule has 0 aliphatic carbocycles. The molecule has 1 aromatic carbocycles. The van der Waals surface area contributed by atoms with Gasteiger partial charge in [0.05, 0.1) is 7.11 Å². The molecule has 0 aliphatic heterocycles. The van der Waals surface area contributed by atoms with Crippen LogP contribution in [0, 0.1) is 0 Å². The molecule has 130 valence electrons. The van der Waals surface area contributed by atoms with E-state index in [1.165, 1.54) is 14.0 Å². The SMILES string of the molecule is C=CCC[C@H](NC(=O)[C@H](Cc1ccccc1)NC(C)=O)C(=O)OC. The zero-order valence-corrected chi connectivity index (χ0v) is 14.1. The lowest BCUT2D eigenvalue weighted by Crippen LogP contribution is -2.52. The van der Waals surface area contributed by atoms with E-state index in [0.717, 1.165) is 5.56 Å². The van der Waals surface area contributed by atoms with Gasteiger partial charge in [-0.1, -0.05) is 36.4 Å². The number of rotatable bonds is 9. The van der Waals surface area contributed by atoms with E-state index in [1.54, 1.807) is 6.08 Å². The summed E-state index contributed by atoms with van der Waals surface area (Å²) in [5.74, 6) is -1.26. The molecule has 2 N–H and O–H groups in total. The molecule has 6 heteroatoms. The molecular weight excluding hydrogens is 308 g/mol. The highest BCUT2D eigenvalue weighted by molar-refractivity contribution is 5.90. The second-order valence-corrected chi connectivity index (χ2v) is 5.39. The summed E-state index contributed by atoms with van der Waals surface area (Å²) in [4.78, 5) is 35.7. The van der Waals surface area contributed by atoms with E-state index in [2.05, 4.69) is 17.2 Å². The first-order valence-electron chi connectivity index (χ1n) is 7.78. The molecule has 6 nitrogen and oxygen atoms in total. The molecule has 2 amide bonds. The van der Waals surface area contributed by atoms with Gasteiger partial charge in [-0.15, -0.1) is 6.58 Å². The Morgan fingerprint density at radius 3 is 2.38 bits per heavy atom. The Labute approximate surface area is 142 Å². The molecule has 0 aromatic heterocycles. The summed E-state index contributed by atoms with van der Waals surface area (Å²) < 4.78 is 4.71. The van der Waals surface area contributed by atoms with Crippen molar-refractivity contribution in [2.75, 3.05) is 7.11 Å². The average molecular weight is 332 g/mol. The number of hydrogen-bond acceptors (Lipinski definition) is 4. The molecule has 0 spiro atoms. The highest BCUT2D eigenvalue weighted by atomic mass is 16.5. The quantitative estimate of drug-likeness (QED) is 0.528. The predicted molar refractivity (Wildman–Crippen MR) is 91.1 cm³/mol. The summed E-state index contributed by atoms with van der Waals surface area (Å²) in [6, 6.07) is 7.81. The number of carbonyl (C=O) groups excluding carboxylic acids is 3. The molecule has 0 saturated carbocycles. The first kappa shape index (κ1) is 19.4. The number of methoxy groups -OCH3 is 1. The Kier molecular flexibility index (Phi) is 8.25. The van der Waals surface area contributed by atoms with Crippen molar-refractivity contribution in [1.29, 1.82) is 0 Å². The largest absolute Gasteiger partial charge is 0.467 e. The molecule has 0 heterocycles. The van der Waals surface area contributed by atoms with Crippen molar-refractivity contribution < 1.29 is 19.1 Å². The summed E-state index contributed by atoms with van der Waals surface area (Å²) in [6.45, 7) is 4.95. The summed E-state index contributed by atoms with van der Waals surface area (Å²) >= 11 is 0. The summed E-state index contributed by atoms with van der Waals surface area (Å²) in [5, 5.41) is 5.28. The van der Waals surface area contributed by atoms with Crippen LogP contribution in [-0.2, 0) is 25.5 Å². The fraction of sp³-hybridized carbons (Fsp3) is 0.389. The minimum absolute atomic E-state index is 0.313. The van der Waals surface area contributed by atoms with E-state index < -0.39 is 24.0 Å². The van der Waals surface area contributed by atoms with Crippen molar-refractivity contribution in [1.82, 2.24) is 10.6 Å². The molecule has 0 bridgehead atoms. The molecule has 0 fully saturated rings. The number of carbonyl (C=O) groups is 3. The number of nitrogens with one attached hydrogen (secondary N) is 2. The fourth-order valence-corrected chi connectivity index (χ4v) is 2.25. The minimum Gasteiger partial charge on any atom is -0.467 e. The van der Waals surface area contributed by atoms with Gasteiger partial charge in [0.25, 0.3) is 0 Å². The molecule has 2 atom stereocenters. The fourth-order valence-electron chi connectivity index (χ4n) is 2.25. The van der Waals surface area contributed by atoms with E-state index >= 15 is 0 Å². The van der Waals surface area contributed by atoms with Crippen LogP contribution in [0.4, 0.5) is 0 Å². The van der Waals surface area contributed by atoms with Gasteiger partial charge in [0.15, 0.2) is 0 Å². The molecule has 0 saturated heterocycles. The minimum atomic E-state index is -0.771. The van der Waals surface area contributed by atoms with Gasteiger partial charge in [-0.3, -0.25) is 9.59 Å². The van der Waals surface area contributed by atoms with Gasteiger partial charge in [-0.25, -0.2) is 4.79 Å². The van der Waals surface area contributed by atoms with Gasteiger partial charge >= 0.3 is 5.97 Å². The van der Waals surface area contributed by atoms with Gasteiger partial charge in [0.1, 0.15) is 12.1 Å². The van der Waals surface area contributed by atoms with Crippen LogP contribution in [0.15, 0.2) is 43.0 Å². The van der Waals surface area contributed by atoms with E-state index in [1.807, 2.05) is 30.3 Å². The van der Waals surface area contributed by atoms with Gasteiger partial charge in [0, 0.05) is 13.3 Å². The standard InChI is InChI=1S/C18H24N2O4/c1-4-5-11-15(18(23)24-3)20-17(22)16(19-13(2)21)12-14-9-7-6-8-10-14/h4,6-10,15-16H,1,5,11-12H2,2-3H3,(H,19,21)(H,20,22)/t15-,16-/m0/s1. The number of hydrogen-bond donors (Lipinski definition) is 2. The van der Waals surface area contributed by atoms with Gasteiger partial charge in [-0.05, 0) is 18.4 Å². The van der Waals surface area contributed by atoms with Gasteiger partial charge in [0.2, 0.25) is 11.8 Å². The van der Waals surface area contributed by atoms with E-state index in [-0.39, 0.29) is 5.91 Å². The maximum atomic E-state index is 12.5. The Bertz CT molecular complexity index is 572. The van der Waals surface area contributed by atoms with Crippen LogP contribution in [-0.4, -0.2) is 37.0 Å². The summed E-state index contributed by atoms with van der Waals surface area (Å²) in [7, 11) is 1.27. The van der Waals surface area contributed by atoms with Gasteiger partial charge in [-0.2, -0.15) is 0 Å². The molecule has 1 rings (SSSR count). The second kappa shape index (κ2) is 10.2. The van der Waals surface area contributed by atoms with Crippen molar-refractivity contribution in [3.8, 4) is 0 Å². The van der Waals surface area contributed by atoms with Crippen LogP contribution in [0.5, 0.6) is 0 Å². The Morgan fingerprint density at radius 1 is 1.17 bits per heavy atom. The zero-order chi connectivity index (χ0) is 17.9. The molecule has 0 unspecified atom stereocenters. The van der Waals surface area contributed by atoms with Crippen LogP contribution < -0.4 is 10.6 Å². The number of benzene rings is 1.